The summed E-state index contributed by atoms with van der Waals surface area (Å²) in [6, 6.07) is 7.63. The van der Waals surface area contributed by atoms with Crippen LogP contribution in [-0.4, -0.2) is 41.8 Å². The molecule has 0 radical (unpaired) electrons. The van der Waals surface area contributed by atoms with Crippen molar-refractivity contribution in [2.45, 2.75) is 31.7 Å². The van der Waals surface area contributed by atoms with Crippen molar-refractivity contribution >= 4 is 17.7 Å². The summed E-state index contributed by atoms with van der Waals surface area (Å²) in [5.74, 6) is 0.346. The third kappa shape index (κ3) is 3.06. The van der Waals surface area contributed by atoms with Crippen LogP contribution in [0.2, 0.25) is 0 Å². The van der Waals surface area contributed by atoms with Crippen LogP contribution in [-0.2, 0) is 16.0 Å². The lowest BCUT2D eigenvalue weighted by molar-refractivity contribution is -0.125. The topological polar surface area (TPSA) is 92.5 Å². The third-order valence-electron chi connectivity index (χ3n) is 5.95. The molecule has 4 rings (SSSR count). The van der Waals surface area contributed by atoms with Gasteiger partial charge in [0.25, 0.3) is 5.91 Å². The largest absolute Gasteiger partial charge is 0.338 e. The zero-order valence-corrected chi connectivity index (χ0v) is 14.1. The minimum absolute atomic E-state index is 0.0573. The smallest absolute Gasteiger partial charge is 0.253 e. The molecule has 0 bridgehead atoms. The Hall–Kier alpha value is -2.21. The van der Waals surface area contributed by atoms with Crippen LogP contribution in [0.4, 0.5) is 0 Å². The van der Waals surface area contributed by atoms with Gasteiger partial charge in [-0.2, -0.15) is 0 Å². The maximum Gasteiger partial charge on any atom is 0.253 e. The first kappa shape index (κ1) is 16.3. The van der Waals surface area contributed by atoms with Crippen LogP contribution in [0.25, 0.3) is 0 Å². The summed E-state index contributed by atoms with van der Waals surface area (Å²) in [5.41, 5.74) is 7.78. The van der Waals surface area contributed by atoms with Gasteiger partial charge < -0.3 is 10.6 Å². The number of hydrogen-bond donors (Lipinski definition) is 2. The van der Waals surface area contributed by atoms with Gasteiger partial charge in [-0.25, -0.2) is 0 Å². The monoisotopic (exact) mass is 341 g/mol. The summed E-state index contributed by atoms with van der Waals surface area (Å²) in [5, 5.41) is 2.33. The van der Waals surface area contributed by atoms with Crippen molar-refractivity contribution in [3.05, 3.63) is 35.4 Å². The maximum atomic E-state index is 12.7. The lowest BCUT2D eigenvalue weighted by Crippen LogP contribution is -2.33. The zero-order valence-electron chi connectivity index (χ0n) is 14.1. The van der Waals surface area contributed by atoms with E-state index in [1.54, 1.807) is 0 Å². The Balaban J connectivity index is 1.39. The van der Waals surface area contributed by atoms with Gasteiger partial charge in [-0.05, 0) is 48.8 Å². The zero-order chi connectivity index (χ0) is 17.6. The van der Waals surface area contributed by atoms with E-state index in [0.29, 0.717) is 23.8 Å². The van der Waals surface area contributed by atoms with Gasteiger partial charge in [0.05, 0.1) is 5.92 Å². The summed E-state index contributed by atoms with van der Waals surface area (Å²) in [6.07, 6.45) is 2.96. The fraction of sp³-hybridized carbons (Fsp3) is 0.526. The summed E-state index contributed by atoms with van der Waals surface area (Å²) in [4.78, 5) is 37.6. The number of carbonyl (C=O) groups excluding carboxylic acids is 3. The number of carbonyl (C=O) groups is 3. The van der Waals surface area contributed by atoms with Crippen LogP contribution in [0.1, 0.15) is 35.2 Å². The molecule has 3 aliphatic rings. The number of hydrogen-bond acceptors (Lipinski definition) is 4. The Kier molecular flexibility index (Phi) is 4.07. The highest BCUT2D eigenvalue weighted by Gasteiger charge is 2.42. The van der Waals surface area contributed by atoms with Crippen LogP contribution in [0.3, 0.4) is 0 Å². The molecule has 1 aromatic rings. The molecule has 4 unspecified atom stereocenters. The second kappa shape index (κ2) is 6.26. The first-order chi connectivity index (χ1) is 12.0. The van der Waals surface area contributed by atoms with Crippen LogP contribution in [0, 0.1) is 17.8 Å². The van der Waals surface area contributed by atoms with E-state index in [0.717, 1.165) is 31.5 Å². The van der Waals surface area contributed by atoms with Crippen molar-refractivity contribution in [1.82, 2.24) is 10.2 Å². The lowest BCUT2D eigenvalue weighted by Gasteiger charge is -2.19. The van der Waals surface area contributed by atoms with Crippen LogP contribution >= 0.6 is 0 Å². The molecule has 1 aromatic carbocycles. The van der Waals surface area contributed by atoms with E-state index in [1.165, 1.54) is 0 Å². The molecule has 0 aromatic heterocycles. The molecule has 132 valence electrons. The third-order valence-corrected chi connectivity index (χ3v) is 5.95. The van der Waals surface area contributed by atoms with Gasteiger partial charge in [-0.3, -0.25) is 19.7 Å². The number of imide groups is 1. The Labute approximate surface area is 146 Å². The standard InChI is InChI=1S/C19H23N3O3/c20-16-6-5-13-9-22(10-15(13)16)19(25)12-3-1-11(2-4-12)7-14-8-17(23)21-18(14)24/h1-4,13-16H,5-10,20H2,(H,21,23,24). The SMILES string of the molecule is NC1CCC2CN(C(=O)c3ccc(CC4CC(=O)NC4=O)cc3)CC12. The average Bonchev–Trinajstić information content (AvgIpc) is 3.25. The van der Waals surface area contributed by atoms with Crippen LogP contribution in [0.15, 0.2) is 24.3 Å². The second-order valence-electron chi connectivity index (χ2n) is 7.59. The first-order valence-corrected chi connectivity index (χ1v) is 8.99. The van der Waals surface area contributed by atoms with Gasteiger partial charge >= 0.3 is 0 Å². The van der Waals surface area contributed by atoms with Gasteiger partial charge in [-0.1, -0.05) is 12.1 Å². The average molecular weight is 341 g/mol. The van der Waals surface area contributed by atoms with Crippen LogP contribution in [0.5, 0.6) is 0 Å². The number of nitrogens with two attached hydrogens (primary N) is 1. The quantitative estimate of drug-likeness (QED) is 0.792. The minimum atomic E-state index is -0.298. The molecule has 3 amide bonds. The molecule has 1 aliphatic carbocycles. The highest BCUT2D eigenvalue weighted by molar-refractivity contribution is 6.03. The van der Waals surface area contributed by atoms with Crippen molar-refractivity contribution < 1.29 is 14.4 Å². The van der Waals surface area contributed by atoms with Gasteiger partial charge in [0.15, 0.2) is 0 Å². The highest BCUT2D eigenvalue weighted by Crippen LogP contribution is 2.37. The van der Waals surface area contributed by atoms with Gasteiger partial charge in [-0.15, -0.1) is 0 Å². The molecular formula is C19H23N3O3. The van der Waals surface area contributed by atoms with E-state index >= 15 is 0 Å². The normalized spacial score (nSPS) is 31.3. The Morgan fingerprint density at radius 2 is 1.92 bits per heavy atom. The summed E-state index contributed by atoms with van der Waals surface area (Å²) < 4.78 is 0. The molecule has 6 heteroatoms. The Morgan fingerprint density at radius 1 is 1.16 bits per heavy atom. The van der Waals surface area contributed by atoms with Crippen molar-refractivity contribution in [3.8, 4) is 0 Å². The second-order valence-corrected chi connectivity index (χ2v) is 7.59. The van der Waals surface area contributed by atoms with Gasteiger partial charge in [0.1, 0.15) is 0 Å². The lowest BCUT2D eigenvalue weighted by atomic mass is 9.97. The number of benzene rings is 1. The van der Waals surface area contributed by atoms with E-state index in [1.807, 2.05) is 29.2 Å². The minimum Gasteiger partial charge on any atom is -0.338 e. The fourth-order valence-electron chi connectivity index (χ4n) is 4.50. The predicted octanol–water partition coefficient (Wildman–Crippen LogP) is 0.701. The number of nitrogens with zero attached hydrogens (tertiary/aromatic N) is 1. The number of amides is 3. The molecule has 3 fully saturated rings. The maximum absolute atomic E-state index is 12.7. The van der Waals surface area contributed by atoms with E-state index in [-0.39, 0.29) is 36.1 Å². The van der Waals surface area contributed by atoms with Crippen molar-refractivity contribution in [2.75, 3.05) is 13.1 Å². The predicted molar refractivity (Wildman–Crippen MR) is 91.5 cm³/mol. The molecule has 3 N–H and O–H groups in total. The Morgan fingerprint density at radius 3 is 2.56 bits per heavy atom. The van der Waals surface area contributed by atoms with Gasteiger partial charge in [0, 0.05) is 31.1 Å². The molecule has 2 aliphatic heterocycles. The molecule has 2 heterocycles. The summed E-state index contributed by atoms with van der Waals surface area (Å²) >= 11 is 0. The number of rotatable bonds is 3. The van der Waals surface area contributed by atoms with Gasteiger partial charge in [0.2, 0.25) is 11.8 Å². The van der Waals surface area contributed by atoms with E-state index in [4.69, 9.17) is 5.73 Å². The molecule has 6 nitrogen and oxygen atoms in total. The number of fused-ring (bicyclic) bond motifs is 1. The number of nitrogens with one attached hydrogen (secondary N) is 1. The van der Waals surface area contributed by atoms with Crippen molar-refractivity contribution in [2.24, 2.45) is 23.5 Å². The van der Waals surface area contributed by atoms with E-state index in [2.05, 4.69) is 5.32 Å². The highest BCUT2D eigenvalue weighted by atomic mass is 16.2. The van der Waals surface area contributed by atoms with Crippen LogP contribution < -0.4 is 11.1 Å². The van der Waals surface area contributed by atoms with E-state index < -0.39 is 0 Å². The Bertz CT molecular complexity index is 715. The molecule has 4 atom stereocenters. The number of likely N-dealkylation sites (tertiary alicyclic amines) is 1. The van der Waals surface area contributed by atoms with Crippen molar-refractivity contribution in [3.63, 3.8) is 0 Å². The molecular weight excluding hydrogens is 318 g/mol. The fourth-order valence-corrected chi connectivity index (χ4v) is 4.50. The first-order valence-electron chi connectivity index (χ1n) is 8.99. The molecule has 2 saturated heterocycles. The summed E-state index contributed by atoms with van der Waals surface area (Å²) in [6.45, 7) is 1.57. The van der Waals surface area contributed by atoms with E-state index in [9.17, 15) is 14.4 Å². The molecule has 1 saturated carbocycles. The summed E-state index contributed by atoms with van der Waals surface area (Å²) in [7, 11) is 0. The molecule has 25 heavy (non-hydrogen) atoms. The van der Waals surface area contributed by atoms with Crippen molar-refractivity contribution in [1.29, 1.82) is 0 Å². The molecule has 0 spiro atoms.